The van der Waals surface area contributed by atoms with E-state index >= 15 is 0 Å². The van der Waals surface area contributed by atoms with Crippen LogP contribution in [0.15, 0.2) is 18.5 Å². The standard InChI is InChI=1S/C13H16Cl2N4/c1-8(2)4-16-6-10-7-18-13(19-10)12-11(15)3-9(14)5-17-12/h3,5,7-8,16H,4,6H2,1-2H3,(H,18,19). The monoisotopic (exact) mass is 298 g/mol. The van der Waals surface area contributed by atoms with Crippen molar-refractivity contribution in [2.45, 2.75) is 20.4 Å². The summed E-state index contributed by atoms with van der Waals surface area (Å²) in [5.74, 6) is 1.28. The van der Waals surface area contributed by atoms with Gasteiger partial charge in [0, 0.05) is 18.4 Å². The van der Waals surface area contributed by atoms with Gasteiger partial charge in [-0.05, 0) is 18.5 Å². The second-order valence-electron chi connectivity index (χ2n) is 4.77. The van der Waals surface area contributed by atoms with Crippen LogP contribution >= 0.6 is 23.2 Å². The molecule has 0 spiro atoms. The average Bonchev–Trinajstić information content (AvgIpc) is 2.77. The zero-order valence-electron chi connectivity index (χ0n) is 10.9. The summed E-state index contributed by atoms with van der Waals surface area (Å²) >= 11 is 11.9. The fourth-order valence-electron chi connectivity index (χ4n) is 1.65. The highest BCUT2D eigenvalue weighted by molar-refractivity contribution is 6.35. The molecule has 19 heavy (non-hydrogen) atoms. The van der Waals surface area contributed by atoms with Gasteiger partial charge in [-0.1, -0.05) is 37.0 Å². The minimum absolute atomic E-state index is 0.489. The van der Waals surface area contributed by atoms with E-state index in [-0.39, 0.29) is 0 Å². The average molecular weight is 299 g/mol. The largest absolute Gasteiger partial charge is 0.339 e. The topological polar surface area (TPSA) is 53.6 Å². The van der Waals surface area contributed by atoms with Gasteiger partial charge in [0.25, 0.3) is 0 Å². The molecule has 2 aromatic heterocycles. The molecule has 0 saturated carbocycles. The van der Waals surface area contributed by atoms with E-state index in [0.29, 0.717) is 27.5 Å². The molecule has 102 valence electrons. The van der Waals surface area contributed by atoms with Crippen molar-refractivity contribution in [2.75, 3.05) is 6.54 Å². The van der Waals surface area contributed by atoms with Crippen LogP contribution in [0.2, 0.25) is 10.0 Å². The first-order chi connectivity index (χ1) is 9.06. The smallest absolute Gasteiger partial charge is 0.157 e. The summed E-state index contributed by atoms with van der Waals surface area (Å²) in [6.07, 6.45) is 3.34. The number of hydrogen-bond donors (Lipinski definition) is 2. The van der Waals surface area contributed by atoms with Crippen molar-refractivity contribution in [1.29, 1.82) is 0 Å². The third-order valence-corrected chi connectivity index (χ3v) is 3.02. The quantitative estimate of drug-likeness (QED) is 0.888. The van der Waals surface area contributed by atoms with Gasteiger partial charge in [-0.25, -0.2) is 9.97 Å². The molecule has 0 radical (unpaired) electrons. The number of H-pyrrole nitrogens is 1. The van der Waals surface area contributed by atoms with Gasteiger partial charge in [-0.3, -0.25) is 0 Å². The fourth-order valence-corrected chi connectivity index (χ4v) is 2.12. The summed E-state index contributed by atoms with van der Waals surface area (Å²) in [6.45, 7) is 6.05. The Morgan fingerprint density at radius 3 is 2.74 bits per heavy atom. The number of halogens is 2. The lowest BCUT2D eigenvalue weighted by Crippen LogP contribution is -2.19. The molecule has 0 aliphatic heterocycles. The number of aromatic amines is 1. The SMILES string of the molecule is CC(C)CNCc1cnc(-c2ncc(Cl)cc2Cl)[nH]1. The first kappa shape index (κ1) is 14.3. The normalized spacial score (nSPS) is 11.2. The molecule has 0 aromatic carbocycles. The Morgan fingerprint density at radius 1 is 1.26 bits per heavy atom. The van der Waals surface area contributed by atoms with Crippen LogP contribution < -0.4 is 5.32 Å². The molecule has 0 atom stereocenters. The third kappa shape index (κ3) is 3.93. The number of hydrogen-bond acceptors (Lipinski definition) is 3. The fraction of sp³-hybridized carbons (Fsp3) is 0.385. The highest BCUT2D eigenvalue weighted by Gasteiger charge is 2.09. The van der Waals surface area contributed by atoms with Crippen LogP contribution in [0, 0.1) is 5.92 Å². The predicted octanol–water partition coefficient (Wildman–Crippen LogP) is 3.52. The van der Waals surface area contributed by atoms with Crippen molar-refractivity contribution >= 4 is 23.2 Å². The van der Waals surface area contributed by atoms with Crippen LogP contribution in [0.4, 0.5) is 0 Å². The Balaban J connectivity index is 2.08. The van der Waals surface area contributed by atoms with Crippen molar-refractivity contribution in [3.63, 3.8) is 0 Å². The zero-order valence-corrected chi connectivity index (χ0v) is 12.4. The van der Waals surface area contributed by atoms with Crippen molar-refractivity contribution in [2.24, 2.45) is 5.92 Å². The van der Waals surface area contributed by atoms with Gasteiger partial charge in [0.1, 0.15) is 5.69 Å². The first-order valence-electron chi connectivity index (χ1n) is 6.12. The maximum Gasteiger partial charge on any atom is 0.157 e. The van der Waals surface area contributed by atoms with E-state index in [9.17, 15) is 0 Å². The lowest BCUT2D eigenvalue weighted by atomic mass is 10.2. The van der Waals surface area contributed by atoms with Crippen LogP contribution in [-0.4, -0.2) is 21.5 Å². The second kappa shape index (κ2) is 6.37. The molecule has 2 aromatic rings. The summed E-state index contributed by atoms with van der Waals surface area (Å²) in [4.78, 5) is 11.7. The molecule has 0 aliphatic rings. The molecule has 0 aliphatic carbocycles. The number of rotatable bonds is 5. The minimum Gasteiger partial charge on any atom is -0.339 e. The van der Waals surface area contributed by atoms with E-state index in [0.717, 1.165) is 18.8 Å². The van der Waals surface area contributed by atoms with Gasteiger partial charge in [-0.2, -0.15) is 0 Å². The number of aromatic nitrogens is 3. The predicted molar refractivity (Wildman–Crippen MR) is 78.4 cm³/mol. The van der Waals surface area contributed by atoms with E-state index in [1.54, 1.807) is 18.5 Å². The maximum absolute atomic E-state index is 6.10. The molecule has 0 fully saturated rings. The number of imidazole rings is 1. The Labute approximate surface area is 122 Å². The zero-order chi connectivity index (χ0) is 13.8. The van der Waals surface area contributed by atoms with Gasteiger partial charge in [0.05, 0.1) is 16.2 Å². The minimum atomic E-state index is 0.489. The highest BCUT2D eigenvalue weighted by Crippen LogP contribution is 2.25. The van der Waals surface area contributed by atoms with Crippen LogP contribution in [0.1, 0.15) is 19.5 Å². The van der Waals surface area contributed by atoms with Crippen LogP contribution in [-0.2, 0) is 6.54 Å². The van der Waals surface area contributed by atoms with E-state index < -0.39 is 0 Å². The Kier molecular flexibility index (Phi) is 4.80. The molecule has 2 heterocycles. The van der Waals surface area contributed by atoms with Crippen molar-refractivity contribution in [3.8, 4) is 11.5 Å². The molecule has 2 N–H and O–H groups in total. The molecule has 0 unspecified atom stereocenters. The van der Waals surface area contributed by atoms with Crippen LogP contribution in [0.5, 0.6) is 0 Å². The summed E-state index contributed by atoms with van der Waals surface area (Å²) in [7, 11) is 0. The second-order valence-corrected chi connectivity index (χ2v) is 5.61. The van der Waals surface area contributed by atoms with Gasteiger partial charge in [0.15, 0.2) is 5.82 Å². The lowest BCUT2D eigenvalue weighted by molar-refractivity contribution is 0.549. The number of nitrogens with zero attached hydrogens (tertiary/aromatic N) is 2. The van der Waals surface area contributed by atoms with Gasteiger partial charge < -0.3 is 10.3 Å². The Morgan fingerprint density at radius 2 is 2.05 bits per heavy atom. The Bertz CT molecular complexity index is 551. The summed E-state index contributed by atoms with van der Waals surface area (Å²) < 4.78 is 0. The maximum atomic E-state index is 6.10. The highest BCUT2D eigenvalue weighted by atomic mass is 35.5. The summed E-state index contributed by atoms with van der Waals surface area (Å²) in [5.41, 5.74) is 1.62. The lowest BCUT2D eigenvalue weighted by Gasteiger charge is -2.05. The van der Waals surface area contributed by atoms with Crippen molar-refractivity contribution < 1.29 is 0 Å². The van der Waals surface area contributed by atoms with Crippen LogP contribution in [0.25, 0.3) is 11.5 Å². The summed E-state index contributed by atoms with van der Waals surface area (Å²) in [5, 5.41) is 4.35. The molecule has 0 saturated heterocycles. The number of pyridine rings is 1. The molecule has 4 nitrogen and oxygen atoms in total. The van der Waals surface area contributed by atoms with E-state index in [2.05, 4.69) is 34.1 Å². The molecule has 2 rings (SSSR count). The van der Waals surface area contributed by atoms with Crippen molar-refractivity contribution in [1.82, 2.24) is 20.3 Å². The third-order valence-electron chi connectivity index (χ3n) is 2.53. The first-order valence-corrected chi connectivity index (χ1v) is 6.88. The summed E-state index contributed by atoms with van der Waals surface area (Å²) in [6, 6.07) is 1.66. The molecular formula is C13H16Cl2N4. The molecule has 0 bridgehead atoms. The molecule has 6 heteroatoms. The van der Waals surface area contributed by atoms with Gasteiger partial charge >= 0.3 is 0 Å². The van der Waals surface area contributed by atoms with E-state index in [1.165, 1.54) is 0 Å². The van der Waals surface area contributed by atoms with E-state index in [1.807, 2.05) is 0 Å². The Hall–Kier alpha value is -1.10. The molecular weight excluding hydrogens is 283 g/mol. The molecule has 0 amide bonds. The van der Waals surface area contributed by atoms with Crippen molar-refractivity contribution in [3.05, 3.63) is 34.2 Å². The van der Waals surface area contributed by atoms with Gasteiger partial charge in [-0.15, -0.1) is 0 Å². The van der Waals surface area contributed by atoms with Crippen LogP contribution in [0.3, 0.4) is 0 Å². The van der Waals surface area contributed by atoms with E-state index in [4.69, 9.17) is 23.2 Å². The number of nitrogens with one attached hydrogen (secondary N) is 2. The van der Waals surface area contributed by atoms with Gasteiger partial charge in [0.2, 0.25) is 0 Å².